The zero-order chi connectivity index (χ0) is 18.1. The number of nitrogens with one attached hydrogen (secondary N) is 1. The van der Waals surface area contributed by atoms with Gasteiger partial charge >= 0.3 is 0 Å². The molecule has 0 unspecified atom stereocenters. The van der Waals surface area contributed by atoms with Crippen LogP contribution in [-0.2, 0) is 17.8 Å². The fourth-order valence-corrected chi connectivity index (χ4v) is 3.97. The summed E-state index contributed by atoms with van der Waals surface area (Å²) in [6.07, 6.45) is 6.28. The van der Waals surface area contributed by atoms with Gasteiger partial charge in [-0.1, -0.05) is 6.07 Å². The molecule has 2 aromatic heterocycles. The van der Waals surface area contributed by atoms with Crippen LogP contribution in [0.15, 0.2) is 29.3 Å². The minimum absolute atomic E-state index is 0.0743. The number of amides is 1. The van der Waals surface area contributed by atoms with Gasteiger partial charge in [-0.25, -0.2) is 4.98 Å². The van der Waals surface area contributed by atoms with E-state index in [4.69, 9.17) is 0 Å². The Labute approximate surface area is 152 Å². The third-order valence-electron chi connectivity index (χ3n) is 5.24. The Balaban J connectivity index is 1.63. The number of pyridine rings is 1. The van der Waals surface area contributed by atoms with Crippen molar-refractivity contribution in [2.75, 3.05) is 19.6 Å². The highest BCUT2D eigenvalue weighted by atomic mass is 16.2. The van der Waals surface area contributed by atoms with Gasteiger partial charge in [0.25, 0.3) is 5.56 Å². The summed E-state index contributed by atoms with van der Waals surface area (Å²) in [5.41, 5.74) is 2.28. The quantitative estimate of drug-likeness (QED) is 0.896. The average Bonchev–Trinajstić information content (AvgIpc) is 3.16. The van der Waals surface area contributed by atoms with Gasteiger partial charge in [-0.2, -0.15) is 0 Å². The third-order valence-corrected chi connectivity index (χ3v) is 5.24. The smallest absolute Gasteiger partial charge is 0.254 e. The molecule has 7 nitrogen and oxygen atoms in total. The molecule has 0 aliphatic carbocycles. The Morgan fingerprint density at radius 3 is 2.81 bits per heavy atom. The molecular weight excluding hydrogens is 330 g/mol. The number of fused-ring (bicyclic) bond motifs is 1. The molecule has 1 atom stereocenters. The first-order chi connectivity index (χ1) is 12.6. The first-order valence-electron chi connectivity index (χ1n) is 9.15. The van der Waals surface area contributed by atoms with E-state index in [1.165, 1.54) is 0 Å². The standard InChI is InChI=1S/C19H23N5O2/c1-13-21-16-12-24(10-6-15(16)18(25)22-13)19(26)17(23-8-2-3-9-23)14-5-4-7-20-11-14/h4-5,7,11,17H,2-3,6,8-10,12H2,1H3,(H,21,22,25)/t17-/m1/s1. The van der Waals surface area contributed by atoms with Crippen LogP contribution in [0.1, 0.15) is 41.5 Å². The molecule has 1 N–H and O–H groups in total. The molecule has 0 spiro atoms. The highest BCUT2D eigenvalue weighted by molar-refractivity contribution is 5.83. The van der Waals surface area contributed by atoms with Crippen molar-refractivity contribution in [1.29, 1.82) is 0 Å². The minimum atomic E-state index is -0.309. The molecule has 136 valence electrons. The maximum absolute atomic E-state index is 13.4. The molecule has 4 heterocycles. The molecule has 0 bridgehead atoms. The number of aromatic amines is 1. The molecule has 1 amide bonds. The van der Waals surface area contributed by atoms with Crippen LogP contribution < -0.4 is 5.56 Å². The molecular formula is C19H23N5O2. The molecule has 0 radical (unpaired) electrons. The highest BCUT2D eigenvalue weighted by Gasteiger charge is 2.35. The number of aryl methyl sites for hydroxylation is 1. The zero-order valence-electron chi connectivity index (χ0n) is 14.9. The summed E-state index contributed by atoms with van der Waals surface area (Å²) in [7, 11) is 0. The predicted octanol–water partition coefficient (Wildman–Crippen LogP) is 1.20. The van der Waals surface area contributed by atoms with Gasteiger partial charge in [0.05, 0.1) is 12.2 Å². The maximum Gasteiger partial charge on any atom is 0.254 e. The first kappa shape index (κ1) is 16.9. The van der Waals surface area contributed by atoms with E-state index >= 15 is 0 Å². The van der Waals surface area contributed by atoms with Crippen molar-refractivity contribution >= 4 is 5.91 Å². The van der Waals surface area contributed by atoms with Crippen LogP contribution in [0, 0.1) is 6.92 Å². The van der Waals surface area contributed by atoms with E-state index in [2.05, 4.69) is 19.9 Å². The summed E-state index contributed by atoms with van der Waals surface area (Å²) in [5, 5.41) is 0. The lowest BCUT2D eigenvalue weighted by molar-refractivity contribution is -0.138. The summed E-state index contributed by atoms with van der Waals surface area (Å²) in [4.78, 5) is 41.0. The van der Waals surface area contributed by atoms with Crippen LogP contribution in [0.4, 0.5) is 0 Å². The highest BCUT2D eigenvalue weighted by Crippen LogP contribution is 2.28. The van der Waals surface area contributed by atoms with Crippen molar-refractivity contribution in [3.8, 4) is 0 Å². The molecule has 0 aromatic carbocycles. The fraction of sp³-hybridized carbons (Fsp3) is 0.474. The Bertz CT molecular complexity index is 858. The summed E-state index contributed by atoms with van der Waals surface area (Å²) in [6.45, 7) is 4.55. The van der Waals surface area contributed by atoms with Crippen LogP contribution in [-0.4, -0.2) is 50.3 Å². The van der Waals surface area contributed by atoms with Gasteiger partial charge in [0.2, 0.25) is 5.91 Å². The first-order valence-corrected chi connectivity index (χ1v) is 9.15. The second-order valence-corrected chi connectivity index (χ2v) is 7.02. The lowest BCUT2D eigenvalue weighted by Gasteiger charge is -2.34. The van der Waals surface area contributed by atoms with Gasteiger partial charge in [-0.15, -0.1) is 0 Å². The van der Waals surface area contributed by atoms with E-state index in [1.54, 1.807) is 19.3 Å². The molecule has 2 aliphatic heterocycles. The normalized spacial score (nSPS) is 18.6. The third kappa shape index (κ3) is 3.14. The minimum Gasteiger partial charge on any atom is -0.335 e. The Morgan fingerprint density at radius 1 is 1.27 bits per heavy atom. The average molecular weight is 353 g/mol. The van der Waals surface area contributed by atoms with E-state index in [1.807, 2.05) is 17.0 Å². The Hall–Kier alpha value is -2.54. The van der Waals surface area contributed by atoms with Crippen LogP contribution in [0.5, 0.6) is 0 Å². The number of aromatic nitrogens is 3. The monoisotopic (exact) mass is 353 g/mol. The molecule has 1 saturated heterocycles. The van der Waals surface area contributed by atoms with Crippen molar-refractivity contribution < 1.29 is 4.79 Å². The molecule has 2 aliphatic rings. The Morgan fingerprint density at radius 2 is 2.08 bits per heavy atom. The van der Waals surface area contributed by atoms with Crippen LogP contribution >= 0.6 is 0 Å². The number of hydrogen-bond donors (Lipinski definition) is 1. The van der Waals surface area contributed by atoms with E-state index in [0.29, 0.717) is 30.9 Å². The largest absolute Gasteiger partial charge is 0.335 e. The molecule has 26 heavy (non-hydrogen) atoms. The molecule has 7 heteroatoms. The molecule has 4 rings (SSSR count). The number of H-pyrrole nitrogens is 1. The van der Waals surface area contributed by atoms with E-state index in [9.17, 15) is 9.59 Å². The maximum atomic E-state index is 13.4. The van der Waals surface area contributed by atoms with Gasteiger partial charge in [-0.05, 0) is 50.9 Å². The number of carbonyl (C=O) groups is 1. The van der Waals surface area contributed by atoms with Gasteiger partial charge in [0.15, 0.2) is 0 Å². The van der Waals surface area contributed by atoms with Crippen molar-refractivity contribution in [2.45, 2.75) is 38.8 Å². The van der Waals surface area contributed by atoms with E-state index < -0.39 is 0 Å². The SMILES string of the molecule is Cc1nc2c(c(=O)[nH]1)CCN(C(=O)[C@@H](c1cccnc1)N1CCCC1)C2. The van der Waals surface area contributed by atoms with Crippen LogP contribution in [0.3, 0.4) is 0 Å². The number of rotatable bonds is 3. The number of likely N-dealkylation sites (tertiary alicyclic amines) is 1. The zero-order valence-corrected chi connectivity index (χ0v) is 14.9. The topological polar surface area (TPSA) is 82.2 Å². The lowest BCUT2D eigenvalue weighted by atomic mass is 10.0. The van der Waals surface area contributed by atoms with Gasteiger partial charge in [-0.3, -0.25) is 19.5 Å². The van der Waals surface area contributed by atoms with E-state index in [0.717, 1.165) is 37.2 Å². The molecule has 2 aromatic rings. The summed E-state index contributed by atoms with van der Waals surface area (Å²) in [5.74, 6) is 0.664. The molecule has 0 saturated carbocycles. The second-order valence-electron chi connectivity index (χ2n) is 7.02. The van der Waals surface area contributed by atoms with Crippen LogP contribution in [0.2, 0.25) is 0 Å². The van der Waals surface area contributed by atoms with Crippen molar-refractivity contribution in [2.24, 2.45) is 0 Å². The van der Waals surface area contributed by atoms with E-state index in [-0.39, 0.29) is 17.5 Å². The van der Waals surface area contributed by atoms with Gasteiger partial charge in [0.1, 0.15) is 11.9 Å². The Kier molecular flexibility index (Phi) is 4.55. The number of carbonyl (C=O) groups excluding carboxylic acids is 1. The van der Waals surface area contributed by atoms with Gasteiger partial charge < -0.3 is 9.88 Å². The fourth-order valence-electron chi connectivity index (χ4n) is 3.97. The van der Waals surface area contributed by atoms with Crippen molar-refractivity contribution in [3.63, 3.8) is 0 Å². The predicted molar refractivity (Wildman–Crippen MR) is 96.5 cm³/mol. The summed E-state index contributed by atoms with van der Waals surface area (Å²) < 4.78 is 0. The van der Waals surface area contributed by atoms with Gasteiger partial charge in [0, 0.05) is 24.5 Å². The lowest BCUT2D eigenvalue weighted by Crippen LogP contribution is -2.45. The van der Waals surface area contributed by atoms with Crippen molar-refractivity contribution in [1.82, 2.24) is 24.8 Å². The second kappa shape index (κ2) is 6.99. The summed E-state index contributed by atoms with van der Waals surface area (Å²) >= 11 is 0. The molecule has 1 fully saturated rings. The number of hydrogen-bond acceptors (Lipinski definition) is 5. The van der Waals surface area contributed by atoms with Crippen LogP contribution in [0.25, 0.3) is 0 Å². The summed E-state index contributed by atoms with van der Waals surface area (Å²) in [6, 6.07) is 3.54. The number of nitrogens with zero attached hydrogens (tertiary/aromatic N) is 4. The van der Waals surface area contributed by atoms with Crippen molar-refractivity contribution in [3.05, 3.63) is 57.5 Å².